The molecule has 0 bridgehead atoms. The van der Waals surface area contributed by atoms with Crippen molar-refractivity contribution in [1.82, 2.24) is 9.97 Å². The van der Waals surface area contributed by atoms with Crippen molar-refractivity contribution in [2.45, 2.75) is 58.0 Å². The molecule has 17 heavy (non-hydrogen) atoms. The van der Waals surface area contributed by atoms with Gasteiger partial charge in [0.25, 0.3) is 0 Å². The Labute approximate surface area is 108 Å². The molecule has 1 fully saturated rings. The van der Waals surface area contributed by atoms with Crippen molar-refractivity contribution in [2.75, 3.05) is 4.90 Å². The maximum absolute atomic E-state index is 5.84. The molecule has 0 spiro atoms. The van der Waals surface area contributed by atoms with E-state index in [1.807, 2.05) is 13.1 Å². The van der Waals surface area contributed by atoms with Crippen LogP contribution >= 0.6 is 11.6 Å². The lowest BCUT2D eigenvalue weighted by molar-refractivity contribution is 0.611. The van der Waals surface area contributed by atoms with Crippen molar-refractivity contribution in [3.05, 3.63) is 17.5 Å². The average molecular weight is 254 g/mol. The largest absolute Gasteiger partial charge is 0.335 e. The van der Waals surface area contributed by atoms with Crippen LogP contribution in [0.5, 0.6) is 0 Å². The van der Waals surface area contributed by atoms with E-state index in [2.05, 4.69) is 28.7 Å². The summed E-state index contributed by atoms with van der Waals surface area (Å²) in [6, 6.07) is 1.13. The Hall–Kier alpha value is -0.830. The summed E-state index contributed by atoms with van der Waals surface area (Å²) in [5.41, 5.74) is 2.02. The Morgan fingerprint density at radius 1 is 1.47 bits per heavy atom. The highest BCUT2D eigenvalue weighted by atomic mass is 35.5. The number of halogens is 1. The van der Waals surface area contributed by atoms with Gasteiger partial charge in [-0.2, -0.15) is 0 Å². The second kappa shape index (κ2) is 5.21. The summed E-state index contributed by atoms with van der Waals surface area (Å²) in [6.45, 7) is 6.49. The molecule has 1 aliphatic heterocycles. The molecular formula is C13H20ClN3. The van der Waals surface area contributed by atoms with E-state index in [0.717, 1.165) is 23.6 Å². The van der Waals surface area contributed by atoms with Gasteiger partial charge in [-0.1, -0.05) is 6.92 Å². The summed E-state index contributed by atoms with van der Waals surface area (Å²) >= 11 is 5.84. The lowest BCUT2D eigenvalue weighted by atomic mass is 10.2. The van der Waals surface area contributed by atoms with Crippen LogP contribution in [-0.2, 0) is 5.88 Å². The number of hydrogen-bond donors (Lipinski definition) is 0. The molecule has 0 amide bonds. The molecule has 2 unspecified atom stereocenters. The molecule has 0 radical (unpaired) electrons. The summed E-state index contributed by atoms with van der Waals surface area (Å²) in [7, 11) is 0. The fraction of sp³-hybridized carbons (Fsp3) is 0.692. The third-order valence-electron chi connectivity index (χ3n) is 3.70. The molecule has 0 N–H and O–H groups in total. The molecule has 1 aromatic rings. The third kappa shape index (κ3) is 2.39. The average Bonchev–Trinajstić information content (AvgIpc) is 2.70. The second-order valence-electron chi connectivity index (χ2n) is 4.81. The number of anilines is 1. The highest BCUT2D eigenvalue weighted by Crippen LogP contribution is 2.29. The summed E-state index contributed by atoms with van der Waals surface area (Å²) < 4.78 is 0. The summed E-state index contributed by atoms with van der Waals surface area (Å²) in [4.78, 5) is 11.4. The Morgan fingerprint density at radius 3 is 2.82 bits per heavy atom. The molecule has 2 heterocycles. The molecule has 1 aromatic heterocycles. The fourth-order valence-electron chi connectivity index (χ4n) is 2.57. The number of nitrogens with zero attached hydrogens (tertiary/aromatic N) is 3. The second-order valence-corrected chi connectivity index (χ2v) is 5.08. The lowest BCUT2D eigenvalue weighted by Crippen LogP contribution is -2.35. The smallest absolute Gasteiger partial charge is 0.226 e. The first-order valence-corrected chi connectivity index (χ1v) is 6.87. The van der Waals surface area contributed by atoms with Gasteiger partial charge in [0, 0.05) is 29.5 Å². The van der Waals surface area contributed by atoms with E-state index in [0.29, 0.717) is 18.0 Å². The van der Waals surface area contributed by atoms with Crippen LogP contribution in [0, 0.1) is 6.92 Å². The van der Waals surface area contributed by atoms with E-state index in [1.165, 1.54) is 12.8 Å². The lowest BCUT2D eigenvalue weighted by Gasteiger charge is -2.28. The van der Waals surface area contributed by atoms with Crippen molar-refractivity contribution in [3.63, 3.8) is 0 Å². The Kier molecular flexibility index (Phi) is 3.87. The van der Waals surface area contributed by atoms with Crippen LogP contribution in [0.4, 0.5) is 5.95 Å². The zero-order chi connectivity index (χ0) is 12.4. The van der Waals surface area contributed by atoms with E-state index in [4.69, 9.17) is 11.6 Å². The van der Waals surface area contributed by atoms with Gasteiger partial charge in [0.05, 0.1) is 5.88 Å². The predicted molar refractivity (Wildman–Crippen MR) is 71.6 cm³/mol. The fourth-order valence-corrected chi connectivity index (χ4v) is 2.83. The zero-order valence-corrected chi connectivity index (χ0v) is 11.5. The van der Waals surface area contributed by atoms with E-state index in [-0.39, 0.29) is 0 Å². The van der Waals surface area contributed by atoms with Crippen LogP contribution in [0.2, 0.25) is 0 Å². The van der Waals surface area contributed by atoms with Gasteiger partial charge < -0.3 is 4.90 Å². The van der Waals surface area contributed by atoms with Crippen LogP contribution in [0.3, 0.4) is 0 Å². The van der Waals surface area contributed by atoms with E-state index < -0.39 is 0 Å². The minimum atomic E-state index is 0.485. The van der Waals surface area contributed by atoms with E-state index in [1.54, 1.807) is 0 Å². The summed E-state index contributed by atoms with van der Waals surface area (Å²) in [5, 5.41) is 0. The van der Waals surface area contributed by atoms with Crippen molar-refractivity contribution in [1.29, 1.82) is 0 Å². The first-order chi connectivity index (χ1) is 8.17. The first kappa shape index (κ1) is 12.6. The number of rotatable bonds is 3. The molecule has 0 saturated carbocycles. The standard InChI is InChI=1S/C13H20ClN3/c1-4-12-6-5-9(2)17(12)13-15-8-11(7-14)10(3)16-13/h8-9,12H,4-7H2,1-3H3. The summed E-state index contributed by atoms with van der Waals surface area (Å²) in [5.74, 6) is 1.35. The van der Waals surface area contributed by atoms with Gasteiger partial charge in [0.2, 0.25) is 5.95 Å². The quantitative estimate of drug-likeness (QED) is 0.774. The van der Waals surface area contributed by atoms with Gasteiger partial charge in [0.1, 0.15) is 0 Å². The van der Waals surface area contributed by atoms with Crippen molar-refractivity contribution < 1.29 is 0 Å². The van der Waals surface area contributed by atoms with Gasteiger partial charge in [-0.15, -0.1) is 11.6 Å². The van der Waals surface area contributed by atoms with Gasteiger partial charge in [-0.05, 0) is 33.1 Å². The summed E-state index contributed by atoms with van der Waals surface area (Å²) in [6.07, 6.45) is 5.50. The SMILES string of the molecule is CCC1CCC(C)N1c1ncc(CCl)c(C)n1. The number of aromatic nitrogens is 2. The Balaban J connectivity index is 2.29. The van der Waals surface area contributed by atoms with Gasteiger partial charge in [-0.25, -0.2) is 9.97 Å². The molecule has 2 rings (SSSR count). The zero-order valence-electron chi connectivity index (χ0n) is 10.8. The van der Waals surface area contributed by atoms with Crippen LogP contribution < -0.4 is 4.90 Å². The van der Waals surface area contributed by atoms with Gasteiger partial charge >= 0.3 is 0 Å². The monoisotopic (exact) mass is 253 g/mol. The van der Waals surface area contributed by atoms with Crippen molar-refractivity contribution in [2.24, 2.45) is 0 Å². The Morgan fingerprint density at radius 2 is 2.24 bits per heavy atom. The molecule has 3 nitrogen and oxygen atoms in total. The highest BCUT2D eigenvalue weighted by Gasteiger charge is 2.31. The predicted octanol–water partition coefficient (Wildman–Crippen LogP) is 3.29. The van der Waals surface area contributed by atoms with Crippen molar-refractivity contribution in [3.8, 4) is 0 Å². The van der Waals surface area contributed by atoms with Gasteiger partial charge in [0.15, 0.2) is 0 Å². The topological polar surface area (TPSA) is 29.0 Å². The first-order valence-electron chi connectivity index (χ1n) is 6.34. The molecule has 1 saturated heterocycles. The maximum Gasteiger partial charge on any atom is 0.226 e. The molecule has 4 heteroatoms. The van der Waals surface area contributed by atoms with Crippen LogP contribution in [0.25, 0.3) is 0 Å². The third-order valence-corrected chi connectivity index (χ3v) is 3.99. The van der Waals surface area contributed by atoms with Crippen LogP contribution in [0.1, 0.15) is 44.4 Å². The highest BCUT2D eigenvalue weighted by molar-refractivity contribution is 6.17. The van der Waals surface area contributed by atoms with Crippen LogP contribution in [-0.4, -0.2) is 22.1 Å². The molecule has 1 aliphatic rings. The van der Waals surface area contributed by atoms with Gasteiger partial charge in [-0.3, -0.25) is 0 Å². The van der Waals surface area contributed by atoms with Crippen LogP contribution in [0.15, 0.2) is 6.20 Å². The molecule has 0 aromatic carbocycles. The molecule has 0 aliphatic carbocycles. The molecule has 2 atom stereocenters. The molecule has 94 valence electrons. The van der Waals surface area contributed by atoms with E-state index in [9.17, 15) is 0 Å². The van der Waals surface area contributed by atoms with E-state index >= 15 is 0 Å². The minimum Gasteiger partial charge on any atom is -0.335 e. The van der Waals surface area contributed by atoms with Crippen molar-refractivity contribution >= 4 is 17.5 Å². The maximum atomic E-state index is 5.84. The number of aryl methyl sites for hydroxylation is 1. The number of hydrogen-bond acceptors (Lipinski definition) is 3. The Bertz CT molecular complexity index is 394. The number of alkyl halides is 1. The molecular weight excluding hydrogens is 234 g/mol. The minimum absolute atomic E-state index is 0.485. The normalized spacial score (nSPS) is 24.4.